The molecule has 3 heteroatoms. The van der Waals surface area contributed by atoms with Gasteiger partial charge in [-0.1, -0.05) is 13.0 Å². The number of halogens is 1. The van der Waals surface area contributed by atoms with E-state index in [-0.39, 0.29) is 11.7 Å². The molecule has 0 N–H and O–H groups in total. The first-order chi connectivity index (χ1) is 8.22. The molecule has 17 heavy (non-hydrogen) atoms. The topological polar surface area (TPSA) is 20.3 Å². The first-order valence-corrected chi connectivity index (χ1v) is 6.29. The predicted molar refractivity (Wildman–Crippen MR) is 65.4 cm³/mol. The number of piperidine rings is 1. The molecule has 0 spiro atoms. The molecule has 92 valence electrons. The molecule has 1 aromatic rings. The molecule has 1 amide bonds. The predicted octanol–water partition coefficient (Wildman–Crippen LogP) is 3.23. The highest BCUT2D eigenvalue weighted by Crippen LogP contribution is 2.21. The summed E-state index contributed by atoms with van der Waals surface area (Å²) >= 11 is 0. The summed E-state index contributed by atoms with van der Waals surface area (Å²) in [7, 11) is 0. The molecule has 1 aromatic carbocycles. The SMILES string of the molecule is CCC1CCCCN1C(=O)c1cccc(F)c1. The lowest BCUT2D eigenvalue weighted by Gasteiger charge is -2.35. The Morgan fingerprint density at radius 2 is 2.29 bits per heavy atom. The van der Waals surface area contributed by atoms with Crippen molar-refractivity contribution in [1.29, 1.82) is 0 Å². The van der Waals surface area contributed by atoms with Crippen LogP contribution in [0.3, 0.4) is 0 Å². The van der Waals surface area contributed by atoms with E-state index in [9.17, 15) is 9.18 Å². The van der Waals surface area contributed by atoms with Gasteiger partial charge in [0.05, 0.1) is 0 Å². The molecule has 0 saturated carbocycles. The number of amides is 1. The van der Waals surface area contributed by atoms with Crippen LogP contribution in [0.5, 0.6) is 0 Å². The molecule has 0 aliphatic carbocycles. The third kappa shape index (κ3) is 2.65. The molecule has 1 atom stereocenters. The fourth-order valence-corrected chi connectivity index (χ4v) is 2.48. The summed E-state index contributed by atoms with van der Waals surface area (Å²) in [5.41, 5.74) is 0.463. The number of nitrogens with zero attached hydrogens (tertiary/aromatic N) is 1. The van der Waals surface area contributed by atoms with Crippen LogP contribution in [0.4, 0.5) is 4.39 Å². The van der Waals surface area contributed by atoms with Gasteiger partial charge in [0.2, 0.25) is 0 Å². The zero-order valence-electron chi connectivity index (χ0n) is 10.2. The van der Waals surface area contributed by atoms with Crippen molar-refractivity contribution in [2.75, 3.05) is 6.54 Å². The summed E-state index contributed by atoms with van der Waals surface area (Å²) in [6.45, 7) is 2.90. The third-order valence-electron chi connectivity index (χ3n) is 3.43. The van der Waals surface area contributed by atoms with Crippen molar-refractivity contribution >= 4 is 5.91 Å². The average Bonchev–Trinajstić information content (AvgIpc) is 2.38. The number of carbonyl (C=O) groups excluding carboxylic acids is 1. The van der Waals surface area contributed by atoms with Crippen LogP contribution < -0.4 is 0 Å². The molecule has 0 radical (unpaired) electrons. The van der Waals surface area contributed by atoms with Crippen molar-refractivity contribution in [2.45, 2.75) is 38.6 Å². The first-order valence-electron chi connectivity index (χ1n) is 6.29. The fourth-order valence-electron chi connectivity index (χ4n) is 2.48. The standard InChI is InChI=1S/C14H18FNO/c1-2-13-8-3-4-9-16(13)14(17)11-6-5-7-12(15)10-11/h5-7,10,13H,2-4,8-9H2,1H3. The molecule has 1 unspecified atom stereocenters. The maximum Gasteiger partial charge on any atom is 0.254 e. The Hall–Kier alpha value is -1.38. The highest BCUT2D eigenvalue weighted by Gasteiger charge is 2.26. The molecule has 0 aromatic heterocycles. The van der Waals surface area contributed by atoms with Gasteiger partial charge < -0.3 is 4.90 Å². The van der Waals surface area contributed by atoms with Crippen LogP contribution in [0.1, 0.15) is 43.0 Å². The summed E-state index contributed by atoms with van der Waals surface area (Å²) in [6.07, 6.45) is 4.28. The Kier molecular flexibility index (Phi) is 3.77. The Morgan fingerprint density at radius 3 is 3.00 bits per heavy atom. The first kappa shape index (κ1) is 12.1. The third-order valence-corrected chi connectivity index (χ3v) is 3.43. The second-order valence-electron chi connectivity index (χ2n) is 4.57. The van der Waals surface area contributed by atoms with E-state index in [0.717, 1.165) is 25.8 Å². The van der Waals surface area contributed by atoms with E-state index < -0.39 is 0 Å². The Morgan fingerprint density at radius 1 is 1.47 bits per heavy atom. The van der Waals surface area contributed by atoms with Gasteiger partial charge in [0, 0.05) is 18.2 Å². The van der Waals surface area contributed by atoms with E-state index in [0.29, 0.717) is 11.6 Å². The second kappa shape index (κ2) is 5.30. The van der Waals surface area contributed by atoms with E-state index in [1.807, 2.05) is 4.90 Å². The van der Waals surface area contributed by atoms with E-state index in [4.69, 9.17) is 0 Å². The quantitative estimate of drug-likeness (QED) is 0.770. The summed E-state index contributed by atoms with van der Waals surface area (Å²) in [5.74, 6) is -0.378. The highest BCUT2D eigenvalue weighted by atomic mass is 19.1. The molecule has 1 heterocycles. The molecule has 0 bridgehead atoms. The van der Waals surface area contributed by atoms with Crippen LogP contribution in [0, 0.1) is 5.82 Å². The van der Waals surface area contributed by atoms with Crippen molar-refractivity contribution in [3.8, 4) is 0 Å². The largest absolute Gasteiger partial charge is 0.336 e. The average molecular weight is 235 g/mol. The van der Waals surface area contributed by atoms with Crippen LogP contribution >= 0.6 is 0 Å². The summed E-state index contributed by atoms with van der Waals surface area (Å²) in [6, 6.07) is 6.29. The summed E-state index contributed by atoms with van der Waals surface area (Å²) in [4.78, 5) is 14.2. The molecular formula is C14H18FNO. The number of hydrogen-bond donors (Lipinski definition) is 0. The number of likely N-dealkylation sites (tertiary alicyclic amines) is 1. The lowest BCUT2D eigenvalue weighted by molar-refractivity contribution is 0.0607. The normalized spacial score (nSPS) is 20.4. The zero-order chi connectivity index (χ0) is 12.3. The summed E-state index contributed by atoms with van der Waals surface area (Å²) in [5, 5.41) is 0. The molecule has 2 nitrogen and oxygen atoms in total. The zero-order valence-corrected chi connectivity index (χ0v) is 10.2. The summed E-state index contributed by atoms with van der Waals surface area (Å²) < 4.78 is 13.1. The minimum absolute atomic E-state index is 0.0314. The maximum atomic E-state index is 13.1. The van der Waals surface area contributed by atoms with Crippen LogP contribution in [-0.2, 0) is 0 Å². The Labute approximate surface area is 101 Å². The number of benzene rings is 1. The smallest absolute Gasteiger partial charge is 0.254 e. The molecular weight excluding hydrogens is 217 g/mol. The minimum Gasteiger partial charge on any atom is -0.336 e. The number of hydrogen-bond acceptors (Lipinski definition) is 1. The van der Waals surface area contributed by atoms with Crippen LogP contribution in [0.2, 0.25) is 0 Å². The Bertz CT molecular complexity index is 405. The molecule has 1 aliphatic rings. The van der Waals surface area contributed by atoms with Gasteiger partial charge in [-0.25, -0.2) is 4.39 Å². The van der Waals surface area contributed by atoms with Gasteiger partial charge >= 0.3 is 0 Å². The molecule has 2 rings (SSSR count). The van der Waals surface area contributed by atoms with E-state index in [1.165, 1.54) is 18.6 Å². The van der Waals surface area contributed by atoms with Crippen LogP contribution in [0.25, 0.3) is 0 Å². The maximum absolute atomic E-state index is 13.1. The lowest BCUT2D eigenvalue weighted by Crippen LogP contribution is -2.43. The second-order valence-corrected chi connectivity index (χ2v) is 4.57. The van der Waals surface area contributed by atoms with Crippen molar-refractivity contribution in [1.82, 2.24) is 4.90 Å². The molecule has 1 fully saturated rings. The minimum atomic E-state index is -0.346. The van der Waals surface area contributed by atoms with Gasteiger partial charge in [-0.15, -0.1) is 0 Å². The van der Waals surface area contributed by atoms with Crippen LogP contribution in [-0.4, -0.2) is 23.4 Å². The number of rotatable bonds is 2. The Balaban J connectivity index is 2.18. The van der Waals surface area contributed by atoms with Gasteiger partial charge in [0.1, 0.15) is 5.82 Å². The van der Waals surface area contributed by atoms with Gasteiger partial charge in [-0.05, 0) is 43.9 Å². The lowest BCUT2D eigenvalue weighted by atomic mass is 9.99. The van der Waals surface area contributed by atoms with Crippen molar-refractivity contribution in [3.05, 3.63) is 35.6 Å². The molecule has 1 aliphatic heterocycles. The van der Waals surface area contributed by atoms with Gasteiger partial charge in [0.25, 0.3) is 5.91 Å². The van der Waals surface area contributed by atoms with Gasteiger partial charge in [-0.2, -0.15) is 0 Å². The van der Waals surface area contributed by atoms with Crippen molar-refractivity contribution in [3.63, 3.8) is 0 Å². The number of carbonyl (C=O) groups is 1. The van der Waals surface area contributed by atoms with Gasteiger partial charge in [-0.3, -0.25) is 4.79 Å². The van der Waals surface area contributed by atoms with E-state index in [2.05, 4.69) is 6.92 Å². The van der Waals surface area contributed by atoms with Crippen LogP contribution in [0.15, 0.2) is 24.3 Å². The van der Waals surface area contributed by atoms with E-state index in [1.54, 1.807) is 12.1 Å². The van der Waals surface area contributed by atoms with E-state index >= 15 is 0 Å². The monoisotopic (exact) mass is 235 g/mol. The van der Waals surface area contributed by atoms with Crippen molar-refractivity contribution < 1.29 is 9.18 Å². The van der Waals surface area contributed by atoms with Crippen molar-refractivity contribution in [2.24, 2.45) is 0 Å². The fraction of sp³-hybridized carbons (Fsp3) is 0.500. The highest BCUT2D eigenvalue weighted by molar-refractivity contribution is 5.94. The molecule has 1 saturated heterocycles. The van der Waals surface area contributed by atoms with Gasteiger partial charge in [0.15, 0.2) is 0 Å².